The van der Waals surface area contributed by atoms with E-state index in [-0.39, 0.29) is 0 Å². The molecular formula is C12H23F. The van der Waals surface area contributed by atoms with Crippen LogP contribution in [-0.2, 0) is 0 Å². The lowest BCUT2D eigenvalue weighted by atomic mass is 10.1. The van der Waals surface area contributed by atoms with Crippen LogP contribution < -0.4 is 0 Å². The van der Waals surface area contributed by atoms with Crippen LogP contribution in [-0.4, -0.2) is 6.17 Å². The minimum absolute atomic E-state index is 0.549. The van der Waals surface area contributed by atoms with Crippen LogP contribution in [0.1, 0.15) is 58.8 Å². The standard InChI is InChI=1S/C12H23F/c1-3-5-6-7-8-9-11-12(13)10-4-2/h3,5,12H,4,6-11H2,1-2H3/b5-3+. The average Bonchev–Trinajstić information content (AvgIpc) is 2.11. The van der Waals surface area contributed by atoms with Gasteiger partial charge in [-0.3, -0.25) is 0 Å². The van der Waals surface area contributed by atoms with E-state index in [0.717, 1.165) is 32.1 Å². The van der Waals surface area contributed by atoms with Crippen LogP contribution >= 0.6 is 0 Å². The van der Waals surface area contributed by atoms with Gasteiger partial charge in [-0.25, -0.2) is 4.39 Å². The van der Waals surface area contributed by atoms with Gasteiger partial charge in [0.25, 0.3) is 0 Å². The Morgan fingerprint density at radius 3 is 2.54 bits per heavy atom. The molecule has 0 heterocycles. The van der Waals surface area contributed by atoms with E-state index in [1.54, 1.807) is 0 Å². The fourth-order valence-corrected chi connectivity index (χ4v) is 1.43. The molecule has 0 bridgehead atoms. The summed E-state index contributed by atoms with van der Waals surface area (Å²) in [6.07, 6.45) is 10.8. The number of alkyl halides is 1. The monoisotopic (exact) mass is 186 g/mol. The lowest BCUT2D eigenvalue weighted by Crippen LogP contribution is -1.98. The molecule has 0 amide bonds. The second-order valence-corrected chi connectivity index (χ2v) is 3.59. The minimum Gasteiger partial charge on any atom is -0.247 e. The number of unbranched alkanes of at least 4 members (excludes halogenated alkanes) is 3. The van der Waals surface area contributed by atoms with Crippen molar-refractivity contribution < 1.29 is 4.39 Å². The molecule has 0 radical (unpaired) electrons. The van der Waals surface area contributed by atoms with Crippen LogP contribution in [0, 0.1) is 0 Å². The zero-order valence-corrected chi connectivity index (χ0v) is 9.06. The van der Waals surface area contributed by atoms with Gasteiger partial charge >= 0.3 is 0 Å². The summed E-state index contributed by atoms with van der Waals surface area (Å²) in [6, 6.07) is 0. The molecule has 1 heteroatoms. The molecule has 13 heavy (non-hydrogen) atoms. The van der Waals surface area contributed by atoms with Crippen LogP contribution in [0.4, 0.5) is 4.39 Å². The first-order valence-electron chi connectivity index (χ1n) is 5.56. The maximum absolute atomic E-state index is 13.0. The van der Waals surface area contributed by atoms with Gasteiger partial charge in [-0.15, -0.1) is 0 Å². The largest absolute Gasteiger partial charge is 0.247 e. The Labute approximate surface area is 82.2 Å². The Kier molecular flexibility index (Phi) is 9.51. The number of allylic oxidation sites excluding steroid dienone is 2. The molecule has 0 saturated heterocycles. The number of halogens is 1. The van der Waals surface area contributed by atoms with Crippen molar-refractivity contribution in [2.75, 3.05) is 0 Å². The fourth-order valence-electron chi connectivity index (χ4n) is 1.43. The van der Waals surface area contributed by atoms with E-state index >= 15 is 0 Å². The van der Waals surface area contributed by atoms with E-state index in [9.17, 15) is 4.39 Å². The highest BCUT2D eigenvalue weighted by atomic mass is 19.1. The first-order chi connectivity index (χ1) is 6.31. The third kappa shape index (κ3) is 9.59. The lowest BCUT2D eigenvalue weighted by molar-refractivity contribution is 0.286. The minimum atomic E-state index is -0.549. The maximum Gasteiger partial charge on any atom is 0.100 e. The molecule has 0 nitrogen and oxygen atoms in total. The fraction of sp³-hybridized carbons (Fsp3) is 0.833. The number of hydrogen-bond donors (Lipinski definition) is 0. The van der Waals surface area contributed by atoms with E-state index in [1.165, 1.54) is 12.8 Å². The zero-order chi connectivity index (χ0) is 9.94. The molecule has 0 saturated carbocycles. The second-order valence-electron chi connectivity index (χ2n) is 3.59. The van der Waals surface area contributed by atoms with Gasteiger partial charge in [-0.05, 0) is 32.6 Å². The van der Waals surface area contributed by atoms with Gasteiger partial charge in [-0.2, -0.15) is 0 Å². The van der Waals surface area contributed by atoms with Crippen molar-refractivity contribution in [1.29, 1.82) is 0 Å². The highest BCUT2D eigenvalue weighted by Crippen LogP contribution is 2.12. The van der Waals surface area contributed by atoms with Crippen molar-refractivity contribution in [2.24, 2.45) is 0 Å². The highest BCUT2D eigenvalue weighted by molar-refractivity contribution is 4.76. The Balaban J connectivity index is 3.06. The first-order valence-corrected chi connectivity index (χ1v) is 5.56. The Bertz CT molecular complexity index is 118. The van der Waals surface area contributed by atoms with Crippen molar-refractivity contribution in [2.45, 2.75) is 65.0 Å². The molecule has 0 aliphatic rings. The van der Waals surface area contributed by atoms with E-state index in [1.807, 2.05) is 13.8 Å². The quantitative estimate of drug-likeness (QED) is 0.382. The Hall–Kier alpha value is -0.330. The topological polar surface area (TPSA) is 0 Å². The van der Waals surface area contributed by atoms with Crippen LogP contribution in [0.2, 0.25) is 0 Å². The second kappa shape index (κ2) is 9.76. The summed E-state index contributed by atoms with van der Waals surface area (Å²) in [7, 11) is 0. The summed E-state index contributed by atoms with van der Waals surface area (Å²) >= 11 is 0. The number of hydrogen-bond acceptors (Lipinski definition) is 0. The SMILES string of the molecule is C/C=C/CCCCCC(F)CCC. The van der Waals surface area contributed by atoms with Crippen molar-refractivity contribution in [1.82, 2.24) is 0 Å². The third-order valence-electron chi connectivity index (χ3n) is 2.23. The molecule has 1 atom stereocenters. The summed E-state index contributed by atoms with van der Waals surface area (Å²) in [5.41, 5.74) is 0. The third-order valence-corrected chi connectivity index (χ3v) is 2.23. The summed E-state index contributed by atoms with van der Waals surface area (Å²) in [5.74, 6) is 0. The van der Waals surface area contributed by atoms with Crippen molar-refractivity contribution in [3.05, 3.63) is 12.2 Å². The van der Waals surface area contributed by atoms with Gasteiger partial charge in [0, 0.05) is 0 Å². The van der Waals surface area contributed by atoms with Gasteiger partial charge in [0.05, 0.1) is 0 Å². The van der Waals surface area contributed by atoms with E-state index in [2.05, 4.69) is 12.2 Å². The van der Waals surface area contributed by atoms with Gasteiger partial charge in [0.1, 0.15) is 6.17 Å². The molecule has 0 aliphatic carbocycles. The molecule has 0 aromatic carbocycles. The lowest BCUT2D eigenvalue weighted by Gasteiger charge is -2.05. The average molecular weight is 186 g/mol. The van der Waals surface area contributed by atoms with E-state index < -0.39 is 6.17 Å². The first kappa shape index (κ1) is 12.7. The van der Waals surface area contributed by atoms with Gasteiger partial charge in [-0.1, -0.05) is 38.3 Å². The molecule has 0 rings (SSSR count). The van der Waals surface area contributed by atoms with Crippen LogP contribution in [0.15, 0.2) is 12.2 Å². The normalized spacial score (nSPS) is 13.8. The summed E-state index contributed by atoms with van der Waals surface area (Å²) < 4.78 is 13.0. The van der Waals surface area contributed by atoms with Gasteiger partial charge in [0.2, 0.25) is 0 Å². The van der Waals surface area contributed by atoms with Crippen molar-refractivity contribution >= 4 is 0 Å². The predicted molar refractivity (Wildman–Crippen MR) is 57.7 cm³/mol. The maximum atomic E-state index is 13.0. The van der Waals surface area contributed by atoms with Crippen LogP contribution in [0.25, 0.3) is 0 Å². The van der Waals surface area contributed by atoms with E-state index in [0.29, 0.717) is 0 Å². The molecule has 78 valence electrons. The van der Waals surface area contributed by atoms with Crippen molar-refractivity contribution in [3.8, 4) is 0 Å². The van der Waals surface area contributed by atoms with Crippen molar-refractivity contribution in [3.63, 3.8) is 0 Å². The van der Waals surface area contributed by atoms with Crippen LogP contribution in [0.3, 0.4) is 0 Å². The molecule has 1 unspecified atom stereocenters. The molecule has 0 aromatic heterocycles. The molecule has 0 fully saturated rings. The zero-order valence-electron chi connectivity index (χ0n) is 9.06. The molecule has 0 aliphatic heterocycles. The molecule has 0 N–H and O–H groups in total. The number of rotatable bonds is 8. The van der Waals surface area contributed by atoms with Gasteiger partial charge in [0.15, 0.2) is 0 Å². The highest BCUT2D eigenvalue weighted by Gasteiger charge is 2.03. The summed E-state index contributed by atoms with van der Waals surface area (Å²) in [6.45, 7) is 4.08. The molecule has 0 spiro atoms. The summed E-state index contributed by atoms with van der Waals surface area (Å²) in [4.78, 5) is 0. The Morgan fingerprint density at radius 1 is 1.15 bits per heavy atom. The smallest absolute Gasteiger partial charge is 0.100 e. The predicted octanol–water partition coefficient (Wildman–Crippen LogP) is 4.65. The van der Waals surface area contributed by atoms with Crippen LogP contribution in [0.5, 0.6) is 0 Å². The van der Waals surface area contributed by atoms with Gasteiger partial charge < -0.3 is 0 Å². The summed E-state index contributed by atoms with van der Waals surface area (Å²) in [5, 5.41) is 0. The molecule has 0 aromatic rings. The molecular weight excluding hydrogens is 163 g/mol. The van der Waals surface area contributed by atoms with E-state index in [4.69, 9.17) is 0 Å². The Morgan fingerprint density at radius 2 is 1.92 bits per heavy atom.